The van der Waals surface area contributed by atoms with Gasteiger partial charge in [0.2, 0.25) is 0 Å². The summed E-state index contributed by atoms with van der Waals surface area (Å²) in [5.41, 5.74) is 4.27. The van der Waals surface area contributed by atoms with Crippen molar-refractivity contribution >= 4 is 11.3 Å². The van der Waals surface area contributed by atoms with E-state index in [1.165, 1.54) is 24.3 Å². The van der Waals surface area contributed by atoms with Crippen molar-refractivity contribution in [2.45, 2.75) is 13.1 Å². The molecule has 2 heterocycles. The molecule has 1 aliphatic heterocycles. The SMILES string of the molecule is COc1ccccc1-c1nc(C[NH+]2CC[NH+](Cc3ccc(C#N)cc3)CC2)cs1. The molecule has 29 heavy (non-hydrogen) atoms. The van der Waals surface area contributed by atoms with Gasteiger partial charge in [-0.25, -0.2) is 4.98 Å². The molecule has 0 aliphatic carbocycles. The fraction of sp³-hybridized carbons (Fsp3) is 0.304. The number of aromatic nitrogens is 1. The zero-order chi connectivity index (χ0) is 20.1. The molecule has 1 aliphatic rings. The minimum atomic E-state index is 0.730. The fourth-order valence-corrected chi connectivity index (χ4v) is 4.74. The standard InChI is InChI=1S/C23H24N4OS/c1-28-22-5-3-2-4-21(22)23-25-20(17-29-23)16-27-12-10-26(11-13-27)15-19-8-6-18(14-24)7-9-19/h2-9,17H,10-13,15-16H2,1H3/p+2. The predicted octanol–water partition coefficient (Wildman–Crippen LogP) is 1.17. The first kappa shape index (κ1) is 19.6. The Hall–Kier alpha value is -2.72. The maximum atomic E-state index is 8.92. The summed E-state index contributed by atoms with van der Waals surface area (Å²) in [6.45, 7) is 6.67. The first-order valence-electron chi connectivity index (χ1n) is 9.99. The van der Waals surface area contributed by atoms with Gasteiger partial charge in [-0.2, -0.15) is 5.26 Å². The third-order valence-corrected chi connectivity index (χ3v) is 6.45. The van der Waals surface area contributed by atoms with Gasteiger partial charge in [0.25, 0.3) is 0 Å². The molecule has 0 saturated carbocycles. The van der Waals surface area contributed by atoms with Crippen LogP contribution in [0.4, 0.5) is 0 Å². The van der Waals surface area contributed by atoms with Gasteiger partial charge in [-0.1, -0.05) is 24.3 Å². The van der Waals surface area contributed by atoms with E-state index in [9.17, 15) is 0 Å². The number of piperazine rings is 1. The van der Waals surface area contributed by atoms with Gasteiger partial charge in [0.05, 0.1) is 24.3 Å². The Labute approximate surface area is 175 Å². The van der Waals surface area contributed by atoms with Crippen LogP contribution in [0.15, 0.2) is 53.9 Å². The van der Waals surface area contributed by atoms with Gasteiger partial charge in [-0.3, -0.25) is 0 Å². The zero-order valence-corrected chi connectivity index (χ0v) is 17.5. The molecule has 2 N–H and O–H groups in total. The minimum Gasteiger partial charge on any atom is -0.496 e. The van der Waals surface area contributed by atoms with Gasteiger partial charge in [0.15, 0.2) is 0 Å². The quantitative estimate of drug-likeness (QED) is 0.646. The highest BCUT2D eigenvalue weighted by molar-refractivity contribution is 7.13. The summed E-state index contributed by atoms with van der Waals surface area (Å²) in [7, 11) is 1.71. The molecular formula is C23H26N4OS+2. The van der Waals surface area contributed by atoms with Gasteiger partial charge < -0.3 is 14.5 Å². The molecule has 1 fully saturated rings. The van der Waals surface area contributed by atoms with Crippen molar-refractivity contribution < 1.29 is 14.5 Å². The molecule has 2 aromatic carbocycles. The van der Waals surface area contributed by atoms with E-state index < -0.39 is 0 Å². The van der Waals surface area contributed by atoms with Crippen molar-refractivity contribution in [3.8, 4) is 22.4 Å². The number of nitriles is 1. The van der Waals surface area contributed by atoms with Crippen LogP contribution in [0.25, 0.3) is 10.6 Å². The summed E-state index contributed by atoms with van der Waals surface area (Å²) in [5, 5.41) is 12.1. The van der Waals surface area contributed by atoms with Crippen molar-refractivity contribution in [3.63, 3.8) is 0 Å². The van der Waals surface area contributed by atoms with Gasteiger partial charge in [-0.05, 0) is 24.3 Å². The lowest BCUT2D eigenvalue weighted by molar-refractivity contribution is -1.02. The number of para-hydroxylation sites is 1. The number of quaternary nitrogens is 2. The monoisotopic (exact) mass is 406 g/mol. The van der Waals surface area contributed by atoms with Crippen molar-refractivity contribution in [3.05, 3.63) is 70.7 Å². The Kier molecular flexibility index (Phi) is 6.20. The van der Waals surface area contributed by atoms with Crippen LogP contribution in [0.1, 0.15) is 16.8 Å². The molecule has 0 spiro atoms. The van der Waals surface area contributed by atoms with E-state index >= 15 is 0 Å². The molecular weight excluding hydrogens is 380 g/mol. The smallest absolute Gasteiger partial charge is 0.129 e. The first-order chi connectivity index (χ1) is 14.2. The summed E-state index contributed by atoms with van der Waals surface area (Å²) in [5.74, 6) is 0.876. The Balaban J connectivity index is 1.31. The van der Waals surface area contributed by atoms with E-state index in [2.05, 4.69) is 29.6 Å². The lowest BCUT2D eigenvalue weighted by Crippen LogP contribution is -3.27. The maximum absolute atomic E-state index is 8.92. The summed E-state index contributed by atoms with van der Waals surface area (Å²) < 4.78 is 5.48. The second kappa shape index (κ2) is 9.19. The van der Waals surface area contributed by atoms with Gasteiger partial charge >= 0.3 is 0 Å². The molecule has 5 nitrogen and oxygen atoms in total. The van der Waals surface area contributed by atoms with Gasteiger partial charge in [0.1, 0.15) is 55.7 Å². The van der Waals surface area contributed by atoms with Crippen molar-refractivity contribution in [2.24, 2.45) is 0 Å². The normalized spacial score (nSPS) is 18.9. The Morgan fingerprint density at radius 3 is 2.38 bits per heavy atom. The molecule has 0 bridgehead atoms. The molecule has 0 amide bonds. The van der Waals surface area contributed by atoms with Gasteiger partial charge in [0, 0.05) is 10.9 Å². The summed E-state index contributed by atoms with van der Waals surface area (Å²) in [4.78, 5) is 8.09. The molecule has 3 aromatic rings. The third kappa shape index (κ3) is 4.83. The fourth-order valence-electron chi connectivity index (χ4n) is 3.89. The van der Waals surface area contributed by atoms with E-state index in [4.69, 9.17) is 15.0 Å². The number of nitrogens with one attached hydrogen (secondary N) is 2. The molecule has 1 aromatic heterocycles. The zero-order valence-electron chi connectivity index (χ0n) is 16.6. The van der Waals surface area contributed by atoms with E-state index in [0.717, 1.165) is 48.1 Å². The van der Waals surface area contributed by atoms with Crippen LogP contribution in [0.2, 0.25) is 0 Å². The van der Waals surface area contributed by atoms with E-state index in [0.29, 0.717) is 0 Å². The topological polar surface area (TPSA) is 54.8 Å². The van der Waals surface area contributed by atoms with Crippen molar-refractivity contribution in [1.82, 2.24) is 4.98 Å². The van der Waals surface area contributed by atoms with Crippen LogP contribution in [0, 0.1) is 11.3 Å². The highest BCUT2D eigenvalue weighted by atomic mass is 32.1. The lowest BCUT2D eigenvalue weighted by atomic mass is 10.1. The molecule has 0 unspecified atom stereocenters. The van der Waals surface area contributed by atoms with Crippen LogP contribution in [-0.2, 0) is 13.1 Å². The molecule has 4 rings (SSSR count). The molecule has 0 radical (unpaired) electrons. The highest BCUT2D eigenvalue weighted by Gasteiger charge is 2.24. The number of hydrogen-bond acceptors (Lipinski definition) is 4. The predicted molar refractivity (Wildman–Crippen MR) is 114 cm³/mol. The van der Waals surface area contributed by atoms with Gasteiger partial charge in [-0.15, -0.1) is 11.3 Å². The number of nitrogens with zero attached hydrogens (tertiary/aromatic N) is 2. The molecule has 1 saturated heterocycles. The Morgan fingerprint density at radius 2 is 1.69 bits per heavy atom. The number of ether oxygens (including phenoxy) is 1. The van der Waals surface area contributed by atoms with E-state index in [1.807, 2.05) is 30.3 Å². The number of thiazole rings is 1. The van der Waals surface area contributed by atoms with Crippen LogP contribution in [-0.4, -0.2) is 38.3 Å². The van der Waals surface area contributed by atoms with Crippen LogP contribution in [0.3, 0.4) is 0 Å². The number of hydrogen-bond donors (Lipinski definition) is 2. The van der Waals surface area contributed by atoms with Crippen LogP contribution >= 0.6 is 11.3 Å². The number of rotatable bonds is 6. The second-order valence-electron chi connectivity index (χ2n) is 7.51. The highest BCUT2D eigenvalue weighted by Crippen LogP contribution is 2.31. The summed E-state index contributed by atoms with van der Waals surface area (Å²) in [6, 6.07) is 18.2. The number of benzene rings is 2. The molecule has 6 heteroatoms. The van der Waals surface area contributed by atoms with Crippen molar-refractivity contribution in [2.75, 3.05) is 33.3 Å². The lowest BCUT2D eigenvalue weighted by Gasteiger charge is -2.29. The Morgan fingerprint density at radius 1 is 1.00 bits per heavy atom. The minimum absolute atomic E-state index is 0.730. The van der Waals surface area contributed by atoms with Crippen molar-refractivity contribution in [1.29, 1.82) is 5.26 Å². The van der Waals surface area contributed by atoms with E-state index in [-0.39, 0.29) is 0 Å². The second-order valence-corrected chi connectivity index (χ2v) is 8.36. The Bertz CT molecular complexity index is 985. The first-order valence-corrected chi connectivity index (χ1v) is 10.9. The molecule has 0 atom stereocenters. The summed E-state index contributed by atoms with van der Waals surface area (Å²) in [6.07, 6.45) is 0. The maximum Gasteiger partial charge on any atom is 0.129 e. The third-order valence-electron chi connectivity index (χ3n) is 5.52. The van der Waals surface area contributed by atoms with E-state index in [1.54, 1.807) is 28.2 Å². The summed E-state index contributed by atoms with van der Waals surface area (Å²) >= 11 is 1.69. The molecule has 148 valence electrons. The number of methoxy groups -OCH3 is 1. The largest absolute Gasteiger partial charge is 0.496 e. The van der Waals surface area contributed by atoms with Crippen LogP contribution in [0.5, 0.6) is 5.75 Å². The average molecular weight is 407 g/mol. The van der Waals surface area contributed by atoms with Crippen LogP contribution < -0.4 is 14.5 Å². The average Bonchev–Trinajstić information content (AvgIpc) is 3.24.